The van der Waals surface area contributed by atoms with Crippen LogP contribution in [0.2, 0.25) is 0 Å². The summed E-state index contributed by atoms with van der Waals surface area (Å²) in [6.45, 7) is 1.51. The van der Waals surface area contributed by atoms with Gasteiger partial charge < -0.3 is 15.5 Å². The number of benzene rings is 1. The van der Waals surface area contributed by atoms with Crippen molar-refractivity contribution in [1.29, 1.82) is 0 Å². The molecular weight excluding hydrogens is 296 g/mol. The van der Waals surface area contributed by atoms with E-state index in [0.29, 0.717) is 18.8 Å². The van der Waals surface area contributed by atoms with Gasteiger partial charge in [-0.25, -0.2) is 4.99 Å². The summed E-state index contributed by atoms with van der Waals surface area (Å²) in [5, 5.41) is 5.61. The van der Waals surface area contributed by atoms with Crippen LogP contribution in [0.15, 0.2) is 41.4 Å². The molecule has 1 atom stereocenters. The number of carbonyl (C=O) groups is 3. The lowest BCUT2D eigenvalue weighted by atomic mass is 10.1. The maximum atomic E-state index is 12.3. The molecule has 2 aliphatic rings. The molecule has 1 unspecified atom stereocenters. The number of anilines is 2. The van der Waals surface area contributed by atoms with Crippen LogP contribution in [0.4, 0.5) is 11.4 Å². The normalized spacial score (nSPS) is 20.3. The first kappa shape index (κ1) is 15.0. The highest BCUT2D eigenvalue weighted by Gasteiger charge is 2.21. The molecule has 1 aromatic carbocycles. The minimum atomic E-state index is -0.578. The molecule has 3 amide bonds. The van der Waals surface area contributed by atoms with Crippen molar-refractivity contribution < 1.29 is 14.4 Å². The second-order valence-corrected chi connectivity index (χ2v) is 5.28. The number of hydrogen-bond acceptors (Lipinski definition) is 4. The van der Waals surface area contributed by atoms with Crippen LogP contribution in [0.3, 0.4) is 0 Å². The Morgan fingerprint density at radius 2 is 2.13 bits per heavy atom. The van der Waals surface area contributed by atoms with E-state index in [1.807, 2.05) is 23.1 Å². The first-order valence-electron chi connectivity index (χ1n) is 7.31. The average Bonchev–Trinajstić information content (AvgIpc) is 2.56. The Kier molecular flexibility index (Phi) is 4.18. The Morgan fingerprint density at radius 3 is 2.87 bits per heavy atom. The SMILES string of the molecule is O=C1C=CC(C(=O)Nc2ccccc2N2CCNC(=O)C2)C=N1. The quantitative estimate of drug-likeness (QED) is 0.842. The van der Waals surface area contributed by atoms with Gasteiger partial charge in [0.25, 0.3) is 5.91 Å². The fourth-order valence-electron chi connectivity index (χ4n) is 2.50. The van der Waals surface area contributed by atoms with E-state index in [9.17, 15) is 14.4 Å². The first-order valence-corrected chi connectivity index (χ1v) is 7.31. The van der Waals surface area contributed by atoms with Gasteiger partial charge >= 0.3 is 0 Å². The van der Waals surface area contributed by atoms with Crippen molar-refractivity contribution in [2.45, 2.75) is 0 Å². The first-order chi connectivity index (χ1) is 11.1. The molecule has 2 heterocycles. The van der Waals surface area contributed by atoms with E-state index in [1.54, 1.807) is 6.07 Å². The summed E-state index contributed by atoms with van der Waals surface area (Å²) in [6.07, 6.45) is 4.13. The third-order valence-corrected chi connectivity index (χ3v) is 3.65. The summed E-state index contributed by atoms with van der Waals surface area (Å²) < 4.78 is 0. The molecule has 0 aromatic heterocycles. The molecule has 118 valence electrons. The zero-order chi connectivity index (χ0) is 16.2. The number of amides is 3. The molecule has 7 heteroatoms. The van der Waals surface area contributed by atoms with Gasteiger partial charge in [-0.05, 0) is 12.1 Å². The highest BCUT2D eigenvalue weighted by Crippen LogP contribution is 2.26. The van der Waals surface area contributed by atoms with Crippen LogP contribution in [0.25, 0.3) is 0 Å². The zero-order valence-electron chi connectivity index (χ0n) is 12.4. The van der Waals surface area contributed by atoms with Gasteiger partial charge in [0.2, 0.25) is 11.8 Å². The lowest BCUT2D eigenvalue weighted by molar-refractivity contribution is -0.120. The van der Waals surface area contributed by atoms with Crippen molar-refractivity contribution >= 4 is 35.3 Å². The third kappa shape index (κ3) is 3.45. The fraction of sp³-hybridized carbons (Fsp3) is 0.250. The van der Waals surface area contributed by atoms with Crippen LogP contribution in [-0.4, -0.2) is 43.6 Å². The van der Waals surface area contributed by atoms with Crippen molar-refractivity contribution in [3.8, 4) is 0 Å². The van der Waals surface area contributed by atoms with Crippen LogP contribution >= 0.6 is 0 Å². The van der Waals surface area contributed by atoms with Gasteiger partial charge in [0.1, 0.15) is 0 Å². The van der Waals surface area contributed by atoms with E-state index in [0.717, 1.165) is 5.69 Å². The van der Waals surface area contributed by atoms with E-state index in [2.05, 4.69) is 15.6 Å². The lowest BCUT2D eigenvalue weighted by Crippen LogP contribution is -2.48. The van der Waals surface area contributed by atoms with Gasteiger partial charge in [-0.1, -0.05) is 18.2 Å². The molecule has 0 saturated carbocycles. The molecule has 2 N–H and O–H groups in total. The van der Waals surface area contributed by atoms with Crippen molar-refractivity contribution in [3.05, 3.63) is 36.4 Å². The van der Waals surface area contributed by atoms with Crippen molar-refractivity contribution in [2.24, 2.45) is 10.9 Å². The molecule has 0 aliphatic carbocycles. The average molecular weight is 312 g/mol. The molecule has 3 rings (SSSR count). The minimum absolute atomic E-state index is 0.0433. The topological polar surface area (TPSA) is 90.9 Å². The maximum Gasteiger partial charge on any atom is 0.269 e. The maximum absolute atomic E-state index is 12.3. The molecule has 1 saturated heterocycles. The Hall–Kier alpha value is -2.96. The van der Waals surface area contributed by atoms with E-state index in [-0.39, 0.29) is 24.3 Å². The Balaban J connectivity index is 1.76. The number of aliphatic imine (C=N–C) groups is 1. The summed E-state index contributed by atoms with van der Waals surface area (Å²) in [5.74, 6) is -1.26. The second kappa shape index (κ2) is 6.43. The van der Waals surface area contributed by atoms with Crippen LogP contribution in [0.1, 0.15) is 0 Å². The van der Waals surface area contributed by atoms with E-state index in [4.69, 9.17) is 0 Å². The Bertz CT molecular complexity index is 695. The molecule has 0 bridgehead atoms. The summed E-state index contributed by atoms with van der Waals surface area (Å²) in [4.78, 5) is 40.4. The molecule has 23 heavy (non-hydrogen) atoms. The highest BCUT2D eigenvalue weighted by molar-refractivity contribution is 6.10. The molecule has 0 radical (unpaired) electrons. The van der Waals surface area contributed by atoms with Gasteiger partial charge in [0.15, 0.2) is 0 Å². The largest absolute Gasteiger partial charge is 0.359 e. The summed E-state index contributed by atoms with van der Waals surface area (Å²) in [5.41, 5.74) is 1.43. The van der Waals surface area contributed by atoms with Crippen molar-refractivity contribution in [1.82, 2.24) is 5.32 Å². The molecular formula is C16H16N4O3. The number of rotatable bonds is 3. The molecule has 1 fully saturated rings. The predicted octanol–water partition coefficient (Wildman–Crippen LogP) is 0.345. The van der Waals surface area contributed by atoms with Crippen molar-refractivity contribution in [3.63, 3.8) is 0 Å². The van der Waals surface area contributed by atoms with Crippen LogP contribution in [-0.2, 0) is 14.4 Å². The van der Waals surface area contributed by atoms with E-state index in [1.165, 1.54) is 18.4 Å². The number of nitrogens with zero attached hydrogens (tertiary/aromatic N) is 2. The smallest absolute Gasteiger partial charge is 0.269 e. The van der Waals surface area contributed by atoms with Gasteiger partial charge in [0.05, 0.1) is 23.8 Å². The Morgan fingerprint density at radius 1 is 1.30 bits per heavy atom. The van der Waals surface area contributed by atoms with Gasteiger partial charge in [0, 0.05) is 25.4 Å². The summed E-state index contributed by atoms with van der Waals surface area (Å²) in [7, 11) is 0. The molecule has 1 aromatic rings. The molecule has 0 spiro atoms. The third-order valence-electron chi connectivity index (χ3n) is 3.65. The number of para-hydroxylation sites is 2. The Labute approximate surface area is 133 Å². The standard InChI is InChI=1S/C16H16N4O3/c21-14-6-5-11(9-18-14)16(23)19-12-3-1-2-4-13(12)20-8-7-17-15(22)10-20/h1-6,9,11H,7-8,10H2,(H,17,22)(H,19,23). The number of piperazine rings is 1. The van der Waals surface area contributed by atoms with Crippen LogP contribution in [0, 0.1) is 5.92 Å². The number of nitrogens with one attached hydrogen (secondary N) is 2. The van der Waals surface area contributed by atoms with Crippen LogP contribution in [0.5, 0.6) is 0 Å². The predicted molar refractivity (Wildman–Crippen MR) is 86.4 cm³/mol. The van der Waals surface area contributed by atoms with Gasteiger partial charge in [-0.3, -0.25) is 14.4 Å². The monoisotopic (exact) mass is 312 g/mol. The fourth-order valence-corrected chi connectivity index (χ4v) is 2.50. The number of dihydropyridines is 1. The second-order valence-electron chi connectivity index (χ2n) is 5.28. The van der Waals surface area contributed by atoms with E-state index >= 15 is 0 Å². The molecule has 2 aliphatic heterocycles. The number of hydrogen-bond donors (Lipinski definition) is 2. The van der Waals surface area contributed by atoms with E-state index < -0.39 is 5.92 Å². The summed E-state index contributed by atoms with van der Waals surface area (Å²) >= 11 is 0. The number of carbonyl (C=O) groups excluding carboxylic acids is 3. The summed E-state index contributed by atoms with van der Waals surface area (Å²) in [6, 6.07) is 7.33. The van der Waals surface area contributed by atoms with Gasteiger partial charge in [-0.2, -0.15) is 0 Å². The molecule has 7 nitrogen and oxygen atoms in total. The highest BCUT2D eigenvalue weighted by atomic mass is 16.2. The zero-order valence-corrected chi connectivity index (χ0v) is 12.4. The van der Waals surface area contributed by atoms with Crippen molar-refractivity contribution in [2.75, 3.05) is 29.9 Å². The van der Waals surface area contributed by atoms with Crippen LogP contribution < -0.4 is 15.5 Å². The lowest BCUT2D eigenvalue weighted by Gasteiger charge is -2.30. The van der Waals surface area contributed by atoms with Gasteiger partial charge in [-0.15, -0.1) is 0 Å². The minimum Gasteiger partial charge on any atom is -0.359 e.